The van der Waals surface area contributed by atoms with Gasteiger partial charge in [0.2, 0.25) is 5.95 Å². The molecule has 186 valence electrons. The van der Waals surface area contributed by atoms with E-state index in [2.05, 4.69) is 102 Å². The van der Waals surface area contributed by atoms with Gasteiger partial charge in [0.1, 0.15) is 5.69 Å². The van der Waals surface area contributed by atoms with Gasteiger partial charge < -0.3 is 0 Å². The highest BCUT2D eigenvalue weighted by atomic mass is 32.1. The monoisotopic (exact) mass is 528 g/mol. The van der Waals surface area contributed by atoms with Crippen LogP contribution in [0.1, 0.15) is 0 Å². The maximum absolute atomic E-state index is 5.34. The van der Waals surface area contributed by atoms with Crippen molar-refractivity contribution < 1.29 is 0 Å². The van der Waals surface area contributed by atoms with Crippen molar-refractivity contribution in [3.63, 3.8) is 0 Å². The number of hydrogen-bond acceptors (Lipinski definition) is 5. The van der Waals surface area contributed by atoms with Crippen LogP contribution in [0.15, 0.2) is 121 Å². The van der Waals surface area contributed by atoms with Gasteiger partial charge in [-0.25, -0.2) is 9.97 Å². The molecule has 1 aliphatic rings. The maximum atomic E-state index is 5.34. The highest BCUT2D eigenvalue weighted by molar-refractivity contribution is 7.26. The summed E-state index contributed by atoms with van der Waals surface area (Å²) in [6, 6.07) is 40.6. The van der Waals surface area contributed by atoms with Crippen LogP contribution in [0.2, 0.25) is 0 Å². The molecule has 5 heteroatoms. The predicted octanol–water partition coefficient (Wildman–Crippen LogP) is 9.66. The Morgan fingerprint density at radius 3 is 2.30 bits per heavy atom. The third-order valence-corrected chi connectivity index (χ3v) is 9.02. The quantitative estimate of drug-likeness (QED) is 0.224. The molecular formula is C35H20N4S. The number of pyridine rings is 1. The Kier molecular flexibility index (Phi) is 4.45. The first-order valence-corrected chi connectivity index (χ1v) is 14.1. The van der Waals surface area contributed by atoms with E-state index in [1.54, 1.807) is 11.3 Å². The molecule has 0 unspecified atom stereocenters. The zero-order chi connectivity index (χ0) is 26.2. The molecule has 0 aliphatic carbocycles. The molecular weight excluding hydrogens is 508 g/mol. The van der Waals surface area contributed by atoms with Crippen LogP contribution in [-0.2, 0) is 0 Å². The summed E-state index contributed by atoms with van der Waals surface area (Å²) in [7, 11) is 0. The summed E-state index contributed by atoms with van der Waals surface area (Å²) >= 11 is 1.73. The van der Waals surface area contributed by atoms with Crippen molar-refractivity contribution in [1.82, 2.24) is 15.0 Å². The molecule has 0 N–H and O–H groups in total. The lowest BCUT2D eigenvalue weighted by molar-refractivity contribution is 1.11. The highest BCUT2D eigenvalue weighted by Gasteiger charge is 2.30. The molecule has 9 rings (SSSR count). The minimum absolute atomic E-state index is 0.649. The van der Waals surface area contributed by atoms with Crippen molar-refractivity contribution in [2.75, 3.05) is 4.90 Å². The molecule has 0 bridgehead atoms. The Morgan fingerprint density at radius 2 is 1.40 bits per heavy atom. The number of hydrogen-bond donors (Lipinski definition) is 0. The summed E-state index contributed by atoms with van der Waals surface area (Å²) in [5.74, 6) is 0.649. The second kappa shape index (κ2) is 8.18. The van der Waals surface area contributed by atoms with E-state index in [0.717, 1.165) is 38.4 Å². The van der Waals surface area contributed by atoms with Crippen LogP contribution < -0.4 is 4.90 Å². The zero-order valence-electron chi connectivity index (χ0n) is 21.2. The Labute approximate surface area is 233 Å². The Morgan fingerprint density at radius 1 is 0.600 bits per heavy atom. The van der Waals surface area contributed by atoms with Gasteiger partial charge in [-0.1, -0.05) is 91.0 Å². The van der Waals surface area contributed by atoms with Crippen molar-refractivity contribution in [1.29, 1.82) is 0 Å². The van der Waals surface area contributed by atoms with E-state index >= 15 is 0 Å². The minimum atomic E-state index is 0.649. The third kappa shape index (κ3) is 2.98. The predicted molar refractivity (Wildman–Crippen MR) is 167 cm³/mol. The van der Waals surface area contributed by atoms with Crippen molar-refractivity contribution in [2.24, 2.45) is 0 Å². The number of benzene rings is 5. The lowest BCUT2D eigenvalue weighted by Gasteiger charge is -2.33. The van der Waals surface area contributed by atoms with Gasteiger partial charge in [0.05, 0.1) is 27.3 Å². The first-order chi connectivity index (χ1) is 19.8. The topological polar surface area (TPSA) is 41.9 Å². The average Bonchev–Trinajstić information content (AvgIpc) is 3.40. The fourth-order valence-corrected chi connectivity index (χ4v) is 7.27. The van der Waals surface area contributed by atoms with E-state index in [9.17, 15) is 0 Å². The van der Waals surface area contributed by atoms with Gasteiger partial charge in [-0.2, -0.15) is 0 Å². The third-order valence-electron chi connectivity index (χ3n) is 7.85. The van der Waals surface area contributed by atoms with E-state index < -0.39 is 0 Å². The van der Waals surface area contributed by atoms with Crippen LogP contribution in [-0.4, -0.2) is 15.0 Å². The van der Waals surface area contributed by atoms with Crippen molar-refractivity contribution in [3.8, 4) is 22.5 Å². The molecule has 8 aromatic rings. The number of fused-ring (bicyclic) bond motifs is 7. The van der Waals surface area contributed by atoms with E-state index in [-0.39, 0.29) is 0 Å². The number of rotatable bonds is 2. The van der Waals surface area contributed by atoms with Gasteiger partial charge in [-0.15, -0.1) is 11.3 Å². The van der Waals surface area contributed by atoms with E-state index in [0.29, 0.717) is 5.95 Å². The number of aromatic nitrogens is 3. The van der Waals surface area contributed by atoms with Crippen LogP contribution in [0.3, 0.4) is 0 Å². The summed E-state index contributed by atoms with van der Waals surface area (Å²) in [5, 5.41) is 5.91. The first kappa shape index (κ1) is 21.8. The van der Waals surface area contributed by atoms with Crippen LogP contribution in [0.4, 0.5) is 17.3 Å². The molecule has 3 aromatic heterocycles. The maximum Gasteiger partial charge on any atom is 0.235 e. The fourth-order valence-electron chi connectivity index (χ4n) is 6.13. The molecule has 4 nitrogen and oxygen atoms in total. The molecule has 0 fully saturated rings. The molecule has 5 aromatic carbocycles. The SMILES string of the molecule is c1ccc(-c2nc(N3c4c(ccc5ccccc45)-c4cccc5cccc3c45)nc3c2sc2ccccc23)nc1. The van der Waals surface area contributed by atoms with Crippen LogP contribution >= 0.6 is 11.3 Å². The summed E-state index contributed by atoms with van der Waals surface area (Å²) in [5.41, 5.74) is 7.27. The molecule has 0 spiro atoms. The van der Waals surface area contributed by atoms with Crippen LogP contribution in [0.5, 0.6) is 0 Å². The van der Waals surface area contributed by atoms with Gasteiger partial charge in [-0.05, 0) is 40.6 Å². The summed E-state index contributed by atoms with van der Waals surface area (Å²) < 4.78 is 2.25. The lowest BCUT2D eigenvalue weighted by Crippen LogP contribution is -2.18. The van der Waals surface area contributed by atoms with Gasteiger partial charge >= 0.3 is 0 Å². The van der Waals surface area contributed by atoms with Gasteiger partial charge in [-0.3, -0.25) is 9.88 Å². The number of anilines is 3. The van der Waals surface area contributed by atoms with E-state index in [1.807, 2.05) is 24.4 Å². The van der Waals surface area contributed by atoms with Crippen molar-refractivity contribution >= 4 is 70.5 Å². The van der Waals surface area contributed by atoms with Crippen LogP contribution in [0, 0.1) is 0 Å². The standard InChI is InChI=1S/C35H20N4S/c1-2-12-23-21(9-1)18-19-25-24-14-7-10-22-11-8-16-28(30(22)24)39(33(23)25)35-37-31-26-13-3-4-17-29(26)40-34(31)32(38-35)27-15-5-6-20-36-27/h1-20H. The molecule has 1 aliphatic heterocycles. The minimum Gasteiger partial charge on any atom is -0.277 e. The zero-order valence-corrected chi connectivity index (χ0v) is 22.1. The summed E-state index contributed by atoms with van der Waals surface area (Å²) in [6.45, 7) is 0. The second-order valence-electron chi connectivity index (χ2n) is 10.1. The fraction of sp³-hybridized carbons (Fsp3) is 0. The van der Waals surface area contributed by atoms with E-state index in [1.165, 1.54) is 37.4 Å². The normalized spacial score (nSPS) is 12.4. The van der Waals surface area contributed by atoms with Gasteiger partial charge in [0.15, 0.2) is 0 Å². The van der Waals surface area contributed by atoms with Gasteiger partial charge in [0.25, 0.3) is 0 Å². The Hall–Kier alpha value is -5.13. The van der Waals surface area contributed by atoms with Crippen molar-refractivity contribution in [2.45, 2.75) is 0 Å². The van der Waals surface area contributed by atoms with Gasteiger partial charge in [0, 0.05) is 32.6 Å². The molecule has 0 saturated heterocycles. The second-order valence-corrected chi connectivity index (χ2v) is 11.1. The molecule has 40 heavy (non-hydrogen) atoms. The summed E-state index contributed by atoms with van der Waals surface area (Å²) in [6.07, 6.45) is 1.83. The molecule has 0 radical (unpaired) electrons. The Balaban J connectivity index is 1.46. The van der Waals surface area contributed by atoms with Crippen LogP contribution in [0.25, 0.3) is 64.4 Å². The summed E-state index contributed by atoms with van der Waals surface area (Å²) in [4.78, 5) is 17.6. The highest BCUT2D eigenvalue weighted by Crippen LogP contribution is 2.53. The number of nitrogens with zero attached hydrogens (tertiary/aromatic N) is 4. The number of thiophene rings is 1. The largest absolute Gasteiger partial charge is 0.277 e. The molecule has 0 atom stereocenters. The lowest BCUT2D eigenvalue weighted by atomic mass is 9.89. The van der Waals surface area contributed by atoms with E-state index in [4.69, 9.17) is 15.0 Å². The molecule has 0 saturated carbocycles. The van der Waals surface area contributed by atoms with Crippen molar-refractivity contribution in [3.05, 3.63) is 121 Å². The average molecular weight is 529 g/mol. The molecule has 4 heterocycles. The Bertz CT molecular complexity index is 2280. The smallest absolute Gasteiger partial charge is 0.235 e. The first-order valence-electron chi connectivity index (χ1n) is 13.3. The molecule has 0 amide bonds.